The van der Waals surface area contributed by atoms with Crippen molar-refractivity contribution in [2.75, 3.05) is 0 Å². The molecule has 0 atom stereocenters. The van der Waals surface area contributed by atoms with Gasteiger partial charge in [0, 0.05) is 5.56 Å². The molecule has 0 aliphatic heterocycles. The molecule has 0 unspecified atom stereocenters. The maximum absolute atomic E-state index is 2.70. The predicted molar refractivity (Wildman–Crippen MR) is 92.3 cm³/mol. The summed E-state index contributed by atoms with van der Waals surface area (Å²) in [6.07, 6.45) is 14.9. The Kier molecular flexibility index (Phi) is 5.31. The highest BCUT2D eigenvalue weighted by Gasteiger charge is 2.34. The minimum atomic E-state index is 0.102. The van der Waals surface area contributed by atoms with Gasteiger partial charge in [-0.15, -0.1) is 0 Å². The van der Waals surface area contributed by atoms with Crippen LogP contribution >= 0.6 is 7.55 Å². The molecule has 0 bridgehead atoms. The fourth-order valence-corrected chi connectivity index (χ4v) is 7.44. The van der Waals surface area contributed by atoms with E-state index in [9.17, 15) is 0 Å². The van der Waals surface area contributed by atoms with E-state index in [-0.39, 0.29) is 7.55 Å². The molecule has 0 nitrogen and oxygen atoms in total. The van der Waals surface area contributed by atoms with Crippen LogP contribution in [0.3, 0.4) is 0 Å². The van der Waals surface area contributed by atoms with E-state index in [2.05, 4.69) is 36.1 Å². The van der Waals surface area contributed by atoms with Crippen molar-refractivity contribution in [3.8, 4) is 0 Å². The summed E-state index contributed by atoms with van der Waals surface area (Å²) in [6.45, 7) is 0. The first-order valence-corrected chi connectivity index (χ1v) is 10.2. The van der Waals surface area contributed by atoms with E-state index in [4.69, 9.17) is 0 Å². The standard InChI is InChI=1S/C19H28P/c1-4-10-17(11-5-1)16-20(18-12-6-2-7-13-18)19-14-8-3-9-15-19/h1,4-5,10-11,16,18-19H,2-3,6-9,12-15H2/q+1. The highest BCUT2D eigenvalue weighted by Crippen LogP contribution is 2.48. The van der Waals surface area contributed by atoms with Crippen LogP contribution < -0.4 is 0 Å². The molecule has 0 aromatic heterocycles. The van der Waals surface area contributed by atoms with Gasteiger partial charge >= 0.3 is 0 Å². The van der Waals surface area contributed by atoms with E-state index >= 15 is 0 Å². The molecule has 0 spiro atoms. The van der Waals surface area contributed by atoms with E-state index in [1.165, 1.54) is 69.8 Å². The topological polar surface area (TPSA) is 0 Å². The quantitative estimate of drug-likeness (QED) is 0.599. The normalized spacial score (nSPS) is 21.6. The molecule has 108 valence electrons. The molecule has 0 radical (unpaired) electrons. The summed E-state index contributed by atoms with van der Waals surface area (Å²) in [5, 5.41) is 0. The summed E-state index contributed by atoms with van der Waals surface area (Å²) in [6, 6.07) is 11.1. The van der Waals surface area contributed by atoms with Crippen molar-refractivity contribution in [2.24, 2.45) is 0 Å². The van der Waals surface area contributed by atoms with E-state index in [1.807, 2.05) is 0 Å². The number of rotatable bonds is 3. The molecule has 2 aliphatic carbocycles. The zero-order valence-electron chi connectivity index (χ0n) is 12.6. The molecule has 1 heteroatoms. The third-order valence-corrected chi connectivity index (χ3v) is 8.41. The van der Waals surface area contributed by atoms with E-state index in [0.717, 1.165) is 11.3 Å². The second kappa shape index (κ2) is 7.41. The Morgan fingerprint density at radius 1 is 0.700 bits per heavy atom. The number of hydrogen-bond donors (Lipinski definition) is 0. The fourth-order valence-electron chi connectivity index (χ4n) is 3.98. The molecule has 0 heterocycles. The first-order valence-electron chi connectivity index (χ1n) is 8.61. The van der Waals surface area contributed by atoms with Gasteiger partial charge in [-0.25, -0.2) is 0 Å². The van der Waals surface area contributed by atoms with Crippen LogP contribution in [0, 0.1) is 0 Å². The molecule has 2 saturated carbocycles. The Hall–Kier alpha value is -0.610. The molecular formula is C19H28P+. The largest absolute Gasteiger partial charge is 0.117 e. The van der Waals surface area contributed by atoms with Gasteiger partial charge in [0.05, 0.1) is 0 Å². The Labute approximate surface area is 125 Å². The lowest BCUT2D eigenvalue weighted by Crippen LogP contribution is -2.18. The summed E-state index contributed by atoms with van der Waals surface area (Å²) < 4.78 is 0. The molecule has 0 N–H and O–H groups in total. The van der Waals surface area contributed by atoms with Gasteiger partial charge in [-0.2, -0.15) is 0 Å². The van der Waals surface area contributed by atoms with Crippen LogP contribution in [0.25, 0.3) is 0 Å². The average Bonchev–Trinajstić information content (AvgIpc) is 2.55. The van der Waals surface area contributed by atoms with E-state index < -0.39 is 0 Å². The highest BCUT2D eigenvalue weighted by molar-refractivity contribution is 7.59. The first kappa shape index (κ1) is 14.3. The van der Waals surface area contributed by atoms with Gasteiger partial charge in [-0.1, -0.05) is 43.2 Å². The highest BCUT2D eigenvalue weighted by atomic mass is 31.1. The van der Waals surface area contributed by atoms with Crippen molar-refractivity contribution in [1.82, 2.24) is 0 Å². The molecule has 0 saturated heterocycles. The van der Waals surface area contributed by atoms with Crippen molar-refractivity contribution in [3.05, 3.63) is 35.9 Å². The van der Waals surface area contributed by atoms with Gasteiger partial charge in [0.15, 0.2) is 0 Å². The molecule has 3 rings (SSSR count). The minimum Gasteiger partial charge on any atom is -0.0622 e. The Balaban J connectivity index is 1.83. The van der Waals surface area contributed by atoms with Crippen molar-refractivity contribution in [3.63, 3.8) is 0 Å². The van der Waals surface area contributed by atoms with Crippen molar-refractivity contribution in [1.29, 1.82) is 0 Å². The number of benzene rings is 1. The monoisotopic (exact) mass is 287 g/mol. The summed E-state index contributed by atoms with van der Waals surface area (Å²) in [5.41, 5.74) is 3.54. The van der Waals surface area contributed by atoms with Crippen LogP contribution in [0.1, 0.15) is 69.8 Å². The predicted octanol–water partition coefficient (Wildman–Crippen LogP) is 5.98. The van der Waals surface area contributed by atoms with Gasteiger partial charge in [-0.3, -0.25) is 0 Å². The SMILES string of the molecule is C(c1ccccc1)=[P+](C1CCCCC1)C1CCCCC1. The lowest BCUT2D eigenvalue weighted by Gasteiger charge is -2.24. The molecule has 2 fully saturated rings. The van der Waals surface area contributed by atoms with Crippen LogP contribution in [-0.4, -0.2) is 17.1 Å². The minimum absolute atomic E-state index is 0.102. The maximum atomic E-state index is 2.70. The Morgan fingerprint density at radius 2 is 1.20 bits per heavy atom. The average molecular weight is 287 g/mol. The van der Waals surface area contributed by atoms with Crippen LogP contribution in [0.2, 0.25) is 0 Å². The van der Waals surface area contributed by atoms with E-state index in [1.54, 1.807) is 0 Å². The molecule has 2 aliphatic rings. The van der Waals surface area contributed by atoms with Gasteiger partial charge < -0.3 is 0 Å². The van der Waals surface area contributed by atoms with Crippen molar-refractivity contribution < 1.29 is 0 Å². The smallest absolute Gasteiger partial charge is 0.0622 e. The first-order chi connectivity index (χ1) is 9.93. The van der Waals surface area contributed by atoms with Crippen LogP contribution in [-0.2, 0) is 0 Å². The second-order valence-corrected chi connectivity index (χ2v) is 9.18. The number of hydrogen-bond acceptors (Lipinski definition) is 0. The van der Waals surface area contributed by atoms with Gasteiger partial charge in [-0.05, 0) is 51.4 Å². The fraction of sp³-hybridized carbons (Fsp3) is 0.632. The van der Waals surface area contributed by atoms with Crippen molar-refractivity contribution >= 4 is 13.3 Å². The lowest BCUT2D eigenvalue weighted by molar-refractivity contribution is 0.489. The van der Waals surface area contributed by atoms with Crippen LogP contribution in [0.5, 0.6) is 0 Å². The maximum Gasteiger partial charge on any atom is 0.117 e. The third-order valence-electron chi connectivity index (χ3n) is 5.09. The molecule has 20 heavy (non-hydrogen) atoms. The van der Waals surface area contributed by atoms with Crippen LogP contribution in [0.15, 0.2) is 30.3 Å². The summed E-state index contributed by atoms with van der Waals surface area (Å²) in [7, 11) is 0.102. The third kappa shape index (κ3) is 3.73. The van der Waals surface area contributed by atoms with Gasteiger partial charge in [0.25, 0.3) is 0 Å². The van der Waals surface area contributed by atoms with Crippen molar-refractivity contribution in [2.45, 2.75) is 75.5 Å². The second-order valence-electron chi connectivity index (χ2n) is 6.57. The molecular weight excluding hydrogens is 259 g/mol. The molecule has 1 aromatic rings. The lowest BCUT2D eigenvalue weighted by atomic mass is 10.00. The summed E-state index contributed by atoms with van der Waals surface area (Å²) >= 11 is 0. The van der Waals surface area contributed by atoms with Crippen LogP contribution in [0.4, 0.5) is 0 Å². The molecule has 0 amide bonds. The Bertz CT molecular complexity index is 402. The molecule has 1 aromatic carbocycles. The zero-order chi connectivity index (χ0) is 13.6. The summed E-state index contributed by atoms with van der Waals surface area (Å²) in [5.74, 6) is 2.70. The van der Waals surface area contributed by atoms with Gasteiger partial charge in [0.2, 0.25) is 0 Å². The Morgan fingerprint density at radius 3 is 1.70 bits per heavy atom. The van der Waals surface area contributed by atoms with Gasteiger partial charge in [0.1, 0.15) is 24.7 Å². The zero-order valence-corrected chi connectivity index (χ0v) is 13.5. The van der Waals surface area contributed by atoms with E-state index in [0.29, 0.717) is 0 Å². The summed E-state index contributed by atoms with van der Waals surface area (Å²) in [4.78, 5) is 0.